The van der Waals surface area contributed by atoms with E-state index in [9.17, 15) is 4.79 Å². The summed E-state index contributed by atoms with van der Waals surface area (Å²) in [6, 6.07) is -0.118. The second kappa shape index (κ2) is 2.67. The molecule has 0 aromatic rings. The number of carbonyl (C=O) groups excluding carboxylic acids is 1. The van der Waals surface area contributed by atoms with Gasteiger partial charge in [-0.1, -0.05) is 0 Å². The minimum Gasteiger partial charge on any atom is -0.286 e. The van der Waals surface area contributed by atoms with E-state index in [-0.39, 0.29) is 11.9 Å². The van der Waals surface area contributed by atoms with Crippen molar-refractivity contribution >= 4 is 5.91 Å². The third kappa shape index (κ3) is 1.93. The fourth-order valence-corrected chi connectivity index (χ4v) is 0.364. The Morgan fingerprint density at radius 1 is 1.62 bits per heavy atom. The predicted molar refractivity (Wildman–Crippen MR) is 29.4 cm³/mol. The summed E-state index contributed by atoms with van der Waals surface area (Å²) in [5, 5.41) is 9.38. The Morgan fingerprint density at radius 2 is 2.00 bits per heavy atom. The van der Waals surface area contributed by atoms with Crippen LogP contribution in [0.1, 0.15) is 20.8 Å². The lowest BCUT2D eigenvalue weighted by Gasteiger charge is -2.15. The van der Waals surface area contributed by atoms with Crippen LogP contribution in [0.5, 0.6) is 0 Å². The minimum absolute atomic E-state index is 0.118. The van der Waals surface area contributed by atoms with E-state index < -0.39 is 0 Å². The van der Waals surface area contributed by atoms with Crippen molar-refractivity contribution in [2.75, 3.05) is 0 Å². The largest absolute Gasteiger partial charge is 0.286 e. The van der Waals surface area contributed by atoms with E-state index in [1.165, 1.54) is 6.92 Å². The van der Waals surface area contributed by atoms with Crippen molar-refractivity contribution < 1.29 is 10.0 Å². The lowest BCUT2D eigenvalue weighted by atomic mass is 10.4. The Bertz CT molecular complexity index is 90.4. The van der Waals surface area contributed by atoms with E-state index >= 15 is 0 Å². The summed E-state index contributed by atoms with van der Waals surface area (Å²) in [5.41, 5.74) is 0. The molecule has 0 rings (SSSR count). The lowest BCUT2D eigenvalue weighted by Crippen LogP contribution is -2.31. The highest BCUT2D eigenvalue weighted by Gasteiger charge is 2.06. The van der Waals surface area contributed by atoms with Gasteiger partial charge in [0.2, 0.25) is 5.91 Å². The number of nitrogens with zero attached hydrogens (tertiary/aromatic N) is 1. The van der Waals surface area contributed by atoms with Crippen LogP contribution < -0.4 is 0 Å². The van der Waals surface area contributed by atoms with Crippen molar-refractivity contribution in [3.63, 3.8) is 0 Å². The summed E-state index contributed by atoms with van der Waals surface area (Å²) in [7, 11) is 0. The molecule has 1 N–H and O–H groups in total. The van der Waals surface area contributed by atoms with E-state index in [0.29, 0.717) is 5.06 Å². The molecule has 0 bridgehead atoms. The Hall–Kier alpha value is -0.570. The first-order valence-electron chi connectivity index (χ1n) is 2.54. The zero-order chi connectivity index (χ0) is 6.73. The van der Waals surface area contributed by atoms with Gasteiger partial charge in [-0.25, -0.2) is 5.06 Å². The highest BCUT2D eigenvalue weighted by atomic mass is 16.5. The van der Waals surface area contributed by atoms with Gasteiger partial charge in [0, 0.05) is 6.92 Å². The SMILES string of the molecule is CC(=O)N(O)C(C)C. The fraction of sp³-hybridized carbons (Fsp3) is 0.800. The van der Waals surface area contributed by atoms with Gasteiger partial charge in [-0.05, 0) is 13.8 Å². The van der Waals surface area contributed by atoms with E-state index in [2.05, 4.69) is 0 Å². The van der Waals surface area contributed by atoms with Gasteiger partial charge in [0.1, 0.15) is 0 Å². The molecule has 0 aliphatic heterocycles. The van der Waals surface area contributed by atoms with Crippen molar-refractivity contribution in [1.82, 2.24) is 5.06 Å². The van der Waals surface area contributed by atoms with Gasteiger partial charge in [-0.2, -0.15) is 0 Å². The highest BCUT2D eigenvalue weighted by Crippen LogP contribution is 1.91. The topological polar surface area (TPSA) is 40.5 Å². The molecule has 0 atom stereocenters. The number of amides is 1. The van der Waals surface area contributed by atoms with Gasteiger partial charge < -0.3 is 0 Å². The quantitative estimate of drug-likeness (QED) is 0.404. The Morgan fingerprint density at radius 3 is 2.00 bits per heavy atom. The summed E-state index contributed by atoms with van der Waals surface area (Å²) in [6.07, 6.45) is 0. The molecule has 0 aliphatic carbocycles. The second-order valence-electron chi connectivity index (χ2n) is 1.96. The van der Waals surface area contributed by atoms with Gasteiger partial charge in [0.25, 0.3) is 0 Å². The van der Waals surface area contributed by atoms with Crippen LogP contribution in [0.25, 0.3) is 0 Å². The van der Waals surface area contributed by atoms with Crippen LogP contribution >= 0.6 is 0 Å². The monoisotopic (exact) mass is 117 g/mol. The highest BCUT2D eigenvalue weighted by molar-refractivity contribution is 5.71. The van der Waals surface area contributed by atoms with Crippen molar-refractivity contribution in [1.29, 1.82) is 0 Å². The number of hydrogen-bond donors (Lipinski definition) is 1. The smallest absolute Gasteiger partial charge is 0.243 e. The van der Waals surface area contributed by atoms with Crippen molar-refractivity contribution in [3.8, 4) is 0 Å². The van der Waals surface area contributed by atoms with Crippen LogP contribution in [-0.4, -0.2) is 22.2 Å². The molecule has 0 heterocycles. The maximum absolute atomic E-state index is 10.3. The number of rotatable bonds is 1. The molecule has 0 unspecified atom stereocenters. The molecule has 3 nitrogen and oxygen atoms in total. The molecule has 0 aliphatic rings. The first kappa shape index (κ1) is 7.43. The zero-order valence-electron chi connectivity index (χ0n) is 5.38. The summed E-state index contributed by atoms with van der Waals surface area (Å²) < 4.78 is 0. The third-order valence-corrected chi connectivity index (χ3v) is 0.812. The van der Waals surface area contributed by atoms with Crippen molar-refractivity contribution in [2.45, 2.75) is 26.8 Å². The fourth-order valence-electron chi connectivity index (χ4n) is 0.364. The number of carbonyl (C=O) groups is 1. The van der Waals surface area contributed by atoms with E-state index in [1.54, 1.807) is 13.8 Å². The first-order chi connectivity index (χ1) is 3.55. The van der Waals surface area contributed by atoms with Crippen LogP contribution in [0.15, 0.2) is 0 Å². The lowest BCUT2D eigenvalue weighted by molar-refractivity contribution is -0.170. The van der Waals surface area contributed by atoms with Crippen LogP contribution in [0.4, 0.5) is 0 Å². The molecular formula is C5H11NO2. The molecule has 0 aromatic heterocycles. The second-order valence-corrected chi connectivity index (χ2v) is 1.96. The normalized spacial score (nSPS) is 9.62. The van der Waals surface area contributed by atoms with Gasteiger partial charge in [-0.3, -0.25) is 10.0 Å². The standard InChI is InChI=1S/C5H11NO2/c1-4(2)6(8)5(3)7/h4,8H,1-3H3. The molecule has 0 saturated carbocycles. The molecule has 0 spiro atoms. The van der Waals surface area contributed by atoms with E-state index in [1.807, 2.05) is 0 Å². The Balaban J connectivity index is 3.64. The van der Waals surface area contributed by atoms with E-state index in [0.717, 1.165) is 0 Å². The molecule has 8 heavy (non-hydrogen) atoms. The molecule has 3 heteroatoms. The third-order valence-electron chi connectivity index (χ3n) is 0.812. The molecule has 0 aromatic carbocycles. The van der Waals surface area contributed by atoms with Crippen LogP contribution in [0, 0.1) is 0 Å². The number of hydroxylamine groups is 2. The van der Waals surface area contributed by atoms with Gasteiger partial charge >= 0.3 is 0 Å². The van der Waals surface area contributed by atoms with Crippen LogP contribution in [0.3, 0.4) is 0 Å². The molecule has 0 saturated heterocycles. The average molecular weight is 117 g/mol. The van der Waals surface area contributed by atoms with Gasteiger partial charge in [0.05, 0.1) is 6.04 Å². The average Bonchev–Trinajstić information content (AvgIpc) is 1.64. The molecule has 1 amide bonds. The first-order valence-corrected chi connectivity index (χ1v) is 2.54. The molecule has 48 valence electrons. The van der Waals surface area contributed by atoms with Crippen molar-refractivity contribution in [2.24, 2.45) is 0 Å². The minimum atomic E-state index is -0.319. The van der Waals surface area contributed by atoms with Gasteiger partial charge in [-0.15, -0.1) is 0 Å². The van der Waals surface area contributed by atoms with Crippen LogP contribution in [-0.2, 0) is 4.79 Å². The Kier molecular flexibility index (Phi) is 2.48. The summed E-state index contributed by atoms with van der Waals surface area (Å²) >= 11 is 0. The zero-order valence-corrected chi connectivity index (χ0v) is 5.38. The number of hydrogen-bond acceptors (Lipinski definition) is 2. The van der Waals surface area contributed by atoms with Crippen LogP contribution in [0.2, 0.25) is 0 Å². The molecule has 0 radical (unpaired) electrons. The maximum atomic E-state index is 10.3. The predicted octanol–water partition coefficient (Wildman–Crippen LogP) is 0.633. The van der Waals surface area contributed by atoms with Crippen molar-refractivity contribution in [3.05, 3.63) is 0 Å². The van der Waals surface area contributed by atoms with E-state index in [4.69, 9.17) is 5.21 Å². The molecular weight excluding hydrogens is 106 g/mol. The summed E-state index contributed by atoms with van der Waals surface area (Å²) in [4.78, 5) is 10.3. The van der Waals surface area contributed by atoms with Gasteiger partial charge in [0.15, 0.2) is 0 Å². The maximum Gasteiger partial charge on any atom is 0.243 e. The summed E-state index contributed by atoms with van der Waals surface area (Å²) in [5.74, 6) is -0.319. The summed E-state index contributed by atoms with van der Waals surface area (Å²) in [6.45, 7) is 4.79. The Labute approximate surface area is 48.9 Å². The molecule has 0 fully saturated rings.